The lowest BCUT2D eigenvalue weighted by atomic mass is 10.1. The smallest absolute Gasteiger partial charge is 0.251 e. The molecule has 0 radical (unpaired) electrons. The predicted molar refractivity (Wildman–Crippen MR) is 102 cm³/mol. The Labute approximate surface area is 158 Å². The van der Waals surface area contributed by atoms with Gasteiger partial charge in [-0.25, -0.2) is 4.39 Å². The fourth-order valence-electron chi connectivity index (χ4n) is 3.18. The topological polar surface area (TPSA) is 52.7 Å². The summed E-state index contributed by atoms with van der Waals surface area (Å²) < 4.78 is 13.0. The minimum Gasteiger partial charge on any atom is -0.341 e. The monoisotopic (exact) mass is 369 g/mol. The van der Waals surface area contributed by atoms with E-state index in [0.29, 0.717) is 18.7 Å². The van der Waals surface area contributed by atoms with Gasteiger partial charge in [-0.1, -0.05) is 30.3 Å². The summed E-state index contributed by atoms with van der Waals surface area (Å²) in [5.74, 6) is -0.868. The summed E-state index contributed by atoms with van der Waals surface area (Å²) in [5, 5.41) is 2.70. The van der Waals surface area contributed by atoms with Gasteiger partial charge in [0.05, 0.1) is 0 Å². The molecule has 27 heavy (non-hydrogen) atoms. The molecule has 5 nitrogen and oxygen atoms in total. The van der Waals surface area contributed by atoms with Crippen LogP contribution in [0.15, 0.2) is 54.6 Å². The van der Waals surface area contributed by atoms with Crippen LogP contribution in [0.4, 0.5) is 4.39 Å². The molecule has 1 atom stereocenters. The molecule has 2 amide bonds. The zero-order valence-electron chi connectivity index (χ0n) is 15.4. The first kappa shape index (κ1) is 19.0. The van der Waals surface area contributed by atoms with Crippen LogP contribution in [0.5, 0.6) is 0 Å². The zero-order chi connectivity index (χ0) is 19.2. The van der Waals surface area contributed by atoms with E-state index in [0.717, 1.165) is 19.6 Å². The maximum atomic E-state index is 13.0. The zero-order valence-corrected chi connectivity index (χ0v) is 15.4. The van der Waals surface area contributed by atoms with Gasteiger partial charge in [-0.2, -0.15) is 0 Å². The summed E-state index contributed by atoms with van der Waals surface area (Å²) in [6, 6.07) is 14.9. The molecule has 0 spiro atoms. The third-order valence-corrected chi connectivity index (χ3v) is 4.76. The Morgan fingerprint density at radius 3 is 2.26 bits per heavy atom. The first-order valence-electron chi connectivity index (χ1n) is 9.14. The number of amides is 2. The molecule has 0 bridgehead atoms. The van der Waals surface area contributed by atoms with Crippen LogP contribution in [-0.2, 0) is 11.3 Å². The molecular formula is C21H24FN3O2. The van der Waals surface area contributed by atoms with Crippen molar-refractivity contribution in [1.82, 2.24) is 15.1 Å². The second-order valence-electron chi connectivity index (χ2n) is 6.79. The van der Waals surface area contributed by atoms with Crippen molar-refractivity contribution >= 4 is 11.8 Å². The van der Waals surface area contributed by atoms with Crippen molar-refractivity contribution < 1.29 is 14.0 Å². The van der Waals surface area contributed by atoms with Crippen molar-refractivity contribution in [3.8, 4) is 0 Å². The van der Waals surface area contributed by atoms with Gasteiger partial charge in [-0.05, 0) is 36.8 Å². The van der Waals surface area contributed by atoms with E-state index in [1.807, 2.05) is 18.2 Å². The SMILES string of the molecule is C[C@H](NC(=O)c1ccc(F)cc1)C(=O)N1CCN(Cc2ccccc2)CC1. The number of carbonyl (C=O) groups is 2. The van der Waals surface area contributed by atoms with Crippen LogP contribution in [0.3, 0.4) is 0 Å². The standard InChI is InChI=1S/C21H24FN3O2/c1-16(23-20(26)18-7-9-19(22)10-8-18)21(27)25-13-11-24(12-14-25)15-17-5-3-2-4-6-17/h2-10,16H,11-15H2,1H3,(H,23,26)/t16-/m0/s1. The number of nitrogens with zero attached hydrogens (tertiary/aromatic N) is 2. The molecule has 1 heterocycles. The Kier molecular flexibility index (Phi) is 6.19. The van der Waals surface area contributed by atoms with Crippen LogP contribution in [0.1, 0.15) is 22.8 Å². The quantitative estimate of drug-likeness (QED) is 0.880. The largest absolute Gasteiger partial charge is 0.341 e. The van der Waals surface area contributed by atoms with Gasteiger partial charge >= 0.3 is 0 Å². The lowest BCUT2D eigenvalue weighted by Gasteiger charge is -2.36. The van der Waals surface area contributed by atoms with Crippen molar-refractivity contribution in [2.75, 3.05) is 26.2 Å². The molecule has 6 heteroatoms. The van der Waals surface area contributed by atoms with Gasteiger partial charge in [0.2, 0.25) is 5.91 Å². The summed E-state index contributed by atoms with van der Waals surface area (Å²) >= 11 is 0. The van der Waals surface area contributed by atoms with E-state index >= 15 is 0 Å². The minimum atomic E-state index is -0.622. The maximum absolute atomic E-state index is 13.0. The number of carbonyl (C=O) groups excluding carboxylic acids is 2. The van der Waals surface area contributed by atoms with Crippen molar-refractivity contribution in [3.05, 3.63) is 71.5 Å². The molecule has 0 unspecified atom stereocenters. The Morgan fingerprint density at radius 2 is 1.63 bits per heavy atom. The summed E-state index contributed by atoms with van der Waals surface area (Å²) in [5.41, 5.74) is 1.60. The average Bonchev–Trinajstić information content (AvgIpc) is 2.69. The van der Waals surface area contributed by atoms with Crippen LogP contribution in [-0.4, -0.2) is 53.8 Å². The van der Waals surface area contributed by atoms with E-state index in [2.05, 4.69) is 22.3 Å². The van der Waals surface area contributed by atoms with Gasteiger partial charge in [0.15, 0.2) is 0 Å². The van der Waals surface area contributed by atoms with Crippen LogP contribution >= 0.6 is 0 Å². The molecule has 142 valence electrons. The highest BCUT2D eigenvalue weighted by atomic mass is 19.1. The van der Waals surface area contributed by atoms with Crippen LogP contribution < -0.4 is 5.32 Å². The maximum Gasteiger partial charge on any atom is 0.251 e. The number of hydrogen-bond donors (Lipinski definition) is 1. The van der Waals surface area contributed by atoms with E-state index in [-0.39, 0.29) is 11.8 Å². The Balaban J connectivity index is 1.48. The van der Waals surface area contributed by atoms with E-state index in [1.54, 1.807) is 11.8 Å². The van der Waals surface area contributed by atoms with E-state index < -0.39 is 11.9 Å². The van der Waals surface area contributed by atoms with Gasteiger partial charge in [-0.15, -0.1) is 0 Å². The highest BCUT2D eigenvalue weighted by Gasteiger charge is 2.26. The number of nitrogens with one attached hydrogen (secondary N) is 1. The molecule has 1 aliphatic heterocycles. The molecule has 3 rings (SSSR count). The fraction of sp³-hybridized carbons (Fsp3) is 0.333. The molecule has 1 N–H and O–H groups in total. The van der Waals surface area contributed by atoms with Gasteiger partial charge in [0.1, 0.15) is 11.9 Å². The second kappa shape index (κ2) is 8.77. The summed E-state index contributed by atoms with van der Waals surface area (Å²) in [4.78, 5) is 28.9. The van der Waals surface area contributed by atoms with Crippen molar-refractivity contribution in [1.29, 1.82) is 0 Å². The molecular weight excluding hydrogens is 345 g/mol. The third-order valence-electron chi connectivity index (χ3n) is 4.76. The summed E-state index contributed by atoms with van der Waals surface area (Å²) in [7, 11) is 0. The molecule has 1 aliphatic rings. The normalized spacial score (nSPS) is 16.0. The predicted octanol–water partition coefficient (Wildman–Crippen LogP) is 2.29. The van der Waals surface area contributed by atoms with Gasteiger partial charge in [-0.3, -0.25) is 14.5 Å². The first-order chi connectivity index (χ1) is 13.0. The van der Waals surface area contributed by atoms with Crippen LogP contribution in [0.2, 0.25) is 0 Å². The molecule has 0 aliphatic carbocycles. The summed E-state index contributed by atoms with van der Waals surface area (Å²) in [6.07, 6.45) is 0. The highest BCUT2D eigenvalue weighted by Crippen LogP contribution is 2.10. The van der Waals surface area contributed by atoms with Crippen molar-refractivity contribution in [2.45, 2.75) is 19.5 Å². The number of rotatable bonds is 5. The van der Waals surface area contributed by atoms with Crippen molar-refractivity contribution in [3.63, 3.8) is 0 Å². The van der Waals surface area contributed by atoms with E-state index in [4.69, 9.17) is 0 Å². The van der Waals surface area contributed by atoms with Crippen LogP contribution in [0.25, 0.3) is 0 Å². The third kappa shape index (κ3) is 5.14. The van der Waals surface area contributed by atoms with E-state index in [1.165, 1.54) is 29.8 Å². The number of piperazine rings is 1. The van der Waals surface area contributed by atoms with Crippen molar-refractivity contribution in [2.24, 2.45) is 0 Å². The number of halogens is 1. The highest BCUT2D eigenvalue weighted by molar-refractivity contribution is 5.97. The number of hydrogen-bond acceptors (Lipinski definition) is 3. The van der Waals surface area contributed by atoms with E-state index in [9.17, 15) is 14.0 Å². The Bertz CT molecular complexity index is 772. The Hall–Kier alpha value is -2.73. The van der Waals surface area contributed by atoms with Gasteiger partial charge < -0.3 is 10.2 Å². The van der Waals surface area contributed by atoms with Gasteiger partial charge in [0.25, 0.3) is 5.91 Å². The number of benzene rings is 2. The Morgan fingerprint density at radius 1 is 1.00 bits per heavy atom. The van der Waals surface area contributed by atoms with Crippen LogP contribution in [0, 0.1) is 5.82 Å². The molecule has 2 aromatic carbocycles. The summed E-state index contributed by atoms with van der Waals surface area (Å²) in [6.45, 7) is 5.45. The molecule has 0 saturated carbocycles. The molecule has 1 fully saturated rings. The second-order valence-corrected chi connectivity index (χ2v) is 6.79. The fourth-order valence-corrected chi connectivity index (χ4v) is 3.18. The van der Waals surface area contributed by atoms with Gasteiger partial charge in [0, 0.05) is 38.3 Å². The molecule has 0 aromatic heterocycles. The lowest BCUT2D eigenvalue weighted by Crippen LogP contribution is -2.53. The molecule has 2 aromatic rings. The molecule has 1 saturated heterocycles. The first-order valence-corrected chi connectivity index (χ1v) is 9.14. The minimum absolute atomic E-state index is 0.0928. The average molecular weight is 369 g/mol. The lowest BCUT2D eigenvalue weighted by molar-refractivity contribution is -0.134.